The Kier molecular flexibility index (Phi) is 5.07. The molecule has 116 valence electrons. The normalized spacial score (nSPS) is 19.4. The van der Waals surface area contributed by atoms with Gasteiger partial charge in [0.25, 0.3) is 5.91 Å². The van der Waals surface area contributed by atoms with Gasteiger partial charge in [-0.3, -0.25) is 4.79 Å². The molecule has 0 aromatic heterocycles. The monoisotopic (exact) mass is 293 g/mol. The molecule has 21 heavy (non-hydrogen) atoms. The van der Waals surface area contributed by atoms with Gasteiger partial charge in [0, 0.05) is 24.2 Å². The number of rotatable bonds is 5. The summed E-state index contributed by atoms with van der Waals surface area (Å²) in [7, 11) is 3.13. The molecule has 1 aromatic carbocycles. The third kappa shape index (κ3) is 3.67. The molecule has 2 unspecified atom stereocenters. The molecule has 5 heteroatoms. The number of hydrogen-bond acceptors (Lipinski definition) is 4. The zero-order chi connectivity index (χ0) is 15.4. The van der Waals surface area contributed by atoms with Gasteiger partial charge in [-0.2, -0.15) is 0 Å². The second-order valence-electron chi connectivity index (χ2n) is 5.48. The second kappa shape index (κ2) is 6.80. The van der Waals surface area contributed by atoms with Crippen molar-refractivity contribution >= 4 is 5.91 Å². The molecule has 5 nitrogen and oxygen atoms in total. The number of nitrogens with zero attached hydrogens (tertiary/aromatic N) is 1. The first-order valence-electron chi connectivity index (χ1n) is 7.27. The summed E-state index contributed by atoms with van der Waals surface area (Å²) in [5.41, 5.74) is 0.559. The molecule has 0 aliphatic carbocycles. The molecule has 1 fully saturated rings. The maximum Gasteiger partial charge on any atom is 0.254 e. The maximum atomic E-state index is 12.7. The Morgan fingerprint density at radius 2 is 1.95 bits per heavy atom. The van der Waals surface area contributed by atoms with Crippen LogP contribution >= 0.6 is 0 Å². The largest absolute Gasteiger partial charge is 0.497 e. The highest BCUT2D eigenvalue weighted by Gasteiger charge is 2.30. The number of likely N-dealkylation sites (tertiary alicyclic amines) is 1. The quantitative estimate of drug-likeness (QED) is 0.903. The molecule has 2 rings (SSSR count). The Labute approximate surface area is 125 Å². The molecule has 0 saturated carbocycles. The summed E-state index contributed by atoms with van der Waals surface area (Å²) < 4.78 is 10.4. The van der Waals surface area contributed by atoms with E-state index in [2.05, 4.69) is 0 Å². The molecule has 1 heterocycles. The van der Waals surface area contributed by atoms with Gasteiger partial charge in [0.1, 0.15) is 11.5 Å². The smallest absolute Gasteiger partial charge is 0.254 e. The fourth-order valence-corrected chi connectivity index (χ4v) is 2.84. The number of aliphatic hydroxyl groups is 1. The molecule has 0 bridgehead atoms. The number of ether oxygens (including phenoxy) is 2. The highest BCUT2D eigenvalue weighted by atomic mass is 16.5. The lowest BCUT2D eigenvalue weighted by atomic mass is 10.1. The van der Waals surface area contributed by atoms with E-state index in [1.165, 1.54) is 0 Å². The van der Waals surface area contributed by atoms with E-state index in [0.29, 0.717) is 23.5 Å². The molecule has 1 amide bonds. The minimum atomic E-state index is -0.400. The fourth-order valence-electron chi connectivity index (χ4n) is 2.84. The average Bonchev–Trinajstić information content (AvgIpc) is 2.93. The van der Waals surface area contributed by atoms with Crippen LogP contribution in [0.25, 0.3) is 0 Å². The van der Waals surface area contributed by atoms with E-state index in [1.54, 1.807) is 39.3 Å². The lowest BCUT2D eigenvalue weighted by Gasteiger charge is -2.26. The van der Waals surface area contributed by atoms with Crippen molar-refractivity contribution in [2.45, 2.75) is 38.3 Å². The van der Waals surface area contributed by atoms with E-state index in [0.717, 1.165) is 19.4 Å². The van der Waals surface area contributed by atoms with Crippen LogP contribution in [-0.2, 0) is 0 Å². The molecule has 1 saturated heterocycles. The Bertz CT molecular complexity index is 479. The summed E-state index contributed by atoms with van der Waals surface area (Å²) in [6.07, 6.45) is 2.14. The lowest BCUT2D eigenvalue weighted by molar-refractivity contribution is 0.0681. The van der Waals surface area contributed by atoms with Gasteiger partial charge in [-0.1, -0.05) is 0 Å². The van der Waals surface area contributed by atoms with Crippen molar-refractivity contribution in [2.24, 2.45) is 0 Å². The van der Waals surface area contributed by atoms with Gasteiger partial charge >= 0.3 is 0 Å². The first kappa shape index (κ1) is 15.6. The Morgan fingerprint density at radius 3 is 2.48 bits per heavy atom. The van der Waals surface area contributed by atoms with Crippen LogP contribution in [0.5, 0.6) is 11.5 Å². The van der Waals surface area contributed by atoms with E-state index < -0.39 is 6.10 Å². The summed E-state index contributed by atoms with van der Waals surface area (Å²) in [5, 5.41) is 9.57. The van der Waals surface area contributed by atoms with Crippen LogP contribution in [0.15, 0.2) is 18.2 Å². The second-order valence-corrected chi connectivity index (χ2v) is 5.48. The number of amides is 1. The molecule has 0 radical (unpaired) electrons. The van der Waals surface area contributed by atoms with E-state index in [4.69, 9.17) is 9.47 Å². The summed E-state index contributed by atoms with van der Waals surface area (Å²) in [5.74, 6) is 1.17. The predicted octanol–water partition coefficient (Wildman–Crippen LogP) is 2.08. The van der Waals surface area contributed by atoms with Crippen molar-refractivity contribution in [1.29, 1.82) is 0 Å². The van der Waals surface area contributed by atoms with E-state index in [1.807, 2.05) is 4.90 Å². The zero-order valence-corrected chi connectivity index (χ0v) is 12.8. The van der Waals surface area contributed by atoms with Gasteiger partial charge in [-0.05, 0) is 38.3 Å². The van der Waals surface area contributed by atoms with Crippen molar-refractivity contribution in [3.05, 3.63) is 23.8 Å². The molecule has 0 spiro atoms. The van der Waals surface area contributed by atoms with Crippen LogP contribution in [0.3, 0.4) is 0 Å². The summed E-state index contributed by atoms with van der Waals surface area (Å²) in [4.78, 5) is 14.6. The lowest BCUT2D eigenvalue weighted by Crippen LogP contribution is -2.37. The standard InChI is InChI=1S/C16H23NO4/c1-11(18)7-13-5-4-6-17(13)16(19)12-8-14(20-2)10-15(9-12)21-3/h8-11,13,18H,4-7H2,1-3H3. The van der Waals surface area contributed by atoms with E-state index >= 15 is 0 Å². The van der Waals surface area contributed by atoms with Crippen LogP contribution < -0.4 is 9.47 Å². The van der Waals surface area contributed by atoms with Crippen molar-refractivity contribution in [1.82, 2.24) is 4.90 Å². The minimum absolute atomic E-state index is 0.0321. The molecule has 1 aliphatic rings. The highest BCUT2D eigenvalue weighted by molar-refractivity contribution is 5.95. The number of methoxy groups -OCH3 is 2. The Balaban J connectivity index is 2.22. The third-order valence-corrected chi connectivity index (χ3v) is 3.85. The third-order valence-electron chi connectivity index (χ3n) is 3.85. The predicted molar refractivity (Wildman–Crippen MR) is 79.9 cm³/mol. The first-order chi connectivity index (χ1) is 10.0. The average molecular weight is 293 g/mol. The van der Waals surface area contributed by atoms with Crippen molar-refractivity contribution in [3.63, 3.8) is 0 Å². The van der Waals surface area contributed by atoms with Crippen LogP contribution in [0.2, 0.25) is 0 Å². The van der Waals surface area contributed by atoms with Crippen molar-refractivity contribution in [2.75, 3.05) is 20.8 Å². The Hall–Kier alpha value is -1.75. The molecular formula is C16H23NO4. The van der Waals surface area contributed by atoms with Crippen LogP contribution in [0.4, 0.5) is 0 Å². The summed E-state index contributed by atoms with van der Waals surface area (Å²) in [6, 6.07) is 5.30. The molecule has 1 N–H and O–H groups in total. The molecule has 1 aliphatic heterocycles. The number of benzene rings is 1. The topological polar surface area (TPSA) is 59.0 Å². The van der Waals surface area contributed by atoms with E-state index in [-0.39, 0.29) is 11.9 Å². The maximum absolute atomic E-state index is 12.7. The van der Waals surface area contributed by atoms with E-state index in [9.17, 15) is 9.90 Å². The number of carbonyl (C=O) groups is 1. The fraction of sp³-hybridized carbons (Fsp3) is 0.562. The summed E-state index contributed by atoms with van der Waals surface area (Å²) in [6.45, 7) is 2.49. The van der Waals surface area contributed by atoms with Crippen LogP contribution in [-0.4, -0.2) is 48.8 Å². The minimum Gasteiger partial charge on any atom is -0.497 e. The number of aliphatic hydroxyl groups excluding tert-OH is 1. The molecule has 2 atom stereocenters. The van der Waals surface area contributed by atoms with Crippen LogP contribution in [0, 0.1) is 0 Å². The SMILES string of the molecule is COc1cc(OC)cc(C(=O)N2CCCC2CC(C)O)c1. The Morgan fingerprint density at radius 1 is 1.33 bits per heavy atom. The van der Waals surface area contributed by atoms with Crippen molar-refractivity contribution < 1.29 is 19.4 Å². The number of hydrogen-bond donors (Lipinski definition) is 1. The van der Waals surface area contributed by atoms with Crippen LogP contribution in [0.1, 0.15) is 36.5 Å². The van der Waals surface area contributed by atoms with Crippen molar-refractivity contribution in [3.8, 4) is 11.5 Å². The van der Waals surface area contributed by atoms with Gasteiger partial charge in [0.15, 0.2) is 0 Å². The number of carbonyl (C=O) groups excluding carboxylic acids is 1. The van der Waals surface area contributed by atoms with Gasteiger partial charge in [-0.15, -0.1) is 0 Å². The zero-order valence-electron chi connectivity index (χ0n) is 12.8. The highest BCUT2D eigenvalue weighted by Crippen LogP contribution is 2.27. The molecule has 1 aromatic rings. The van der Waals surface area contributed by atoms with Gasteiger partial charge in [0.2, 0.25) is 0 Å². The molecular weight excluding hydrogens is 270 g/mol. The van der Waals surface area contributed by atoms with Gasteiger partial charge in [0.05, 0.1) is 20.3 Å². The first-order valence-corrected chi connectivity index (χ1v) is 7.27. The van der Waals surface area contributed by atoms with Gasteiger partial charge < -0.3 is 19.5 Å². The van der Waals surface area contributed by atoms with Gasteiger partial charge in [-0.25, -0.2) is 0 Å². The summed E-state index contributed by atoms with van der Waals surface area (Å²) >= 11 is 0.